The molecule has 1 fully saturated rings. The minimum absolute atomic E-state index is 0.0264. The summed E-state index contributed by atoms with van der Waals surface area (Å²) in [7, 11) is -2.01. The lowest BCUT2D eigenvalue weighted by Gasteiger charge is -2.34. The Morgan fingerprint density at radius 3 is 2.32 bits per heavy atom. The van der Waals surface area contributed by atoms with Crippen molar-refractivity contribution in [1.82, 2.24) is 14.5 Å². The number of ether oxygens (including phenoxy) is 1. The Labute approximate surface area is 199 Å². The molecule has 34 heavy (non-hydrogen) atoms. The van der Waals surface area contributed by atoms with E-state index < -0.39 is 15.9 Å². The van der Waals surface area contributed by atoms with E-state index in [1.807, 2.05) is 24.3 Å². The lowest BCUT2D eigenvalue weighted by Crippen LogP contribution is -2.42. The Bertz CT molecular complexity index is 1230. The third-order valence-corrected chi connectivity index (χ3v) is 7.64. The molecule has 0 spiro atoms. The van der Waals surface area contributed by atoms with Crippen LogP contribution in [0.1, 0.15) is 42.1 Å². The summed E-state index contributed by atoms with van der Waals surface area (Å²) < 4.78 is 38.2. The van der Waals surface area contributed by atoms with E-state index in [0.717, 1.165) is 17.7 Å². The number of rotatable bonds is 7. The van der Waals surface area contributed by atoms with Gasteiger partial charge < -0.3 is 9.15 Å². The van der Waals surface area contributed by atoms with Gasteiger partial charge in [-0.25, -0.2) is 8.42 Å². The number of carbonyl (C=O) groups is 1. The fourth-order valence-corrected chi connectivity index (χ4v) is 5.87. The number of carbonyl (C=O) groups excluding carboxylic acids is 1. The van der Waals surface area contributed by atoms with Gasteiger partial charge in [-0.15, -0.1) is 5.10 Å². The van der Waals surface area contributed by atoms with Gasteiger partial charge >= 0.3 is 6.01 Å². The average molecular weight is 485 g/mol. The molecule has 4 rings (SSSR count). The van der Waals surface area contributed by atoms with Gasteiger partial charge in [-0.1, -0.05) is 31.1 Å². The van der Waals surface area contributed by atoms with E-state index in [1.54, 1.807) is 7.11 Å². The molecule has 1 aliphatic rings. The van der Waals surface area contributed by atoms with Gasteiger partial charge in [0.2, 0.25) is 15.9 Å². The van der Waals surface area contributed by atoms with Crippen LogP contribution >= 0.6 is 0 Å². The van der Waals surface area contributed by atoms with Crippen molar-refractivity contribution in [2.75, 3.05) is 25.5 Å². The van der Waals surface area contributed by atoms with Crippen LogP contribution in [0.5, 0.6) is 5.75 Å². The molecule has 3 aromatic rings. The van der Waals surface area contributed by atoms with Crippen LogP contribution in [0.2, 0.25) is 0 Å². The standard InChI is InChI=1S/C24H28N4O5S/c1-16-12-17(2)15-28(14-16)34(30,31)21-10-6-19(7-11-21)23(29)25-24-27-26-22(33-24)13-18-4-8-20(32-3)9-5-18/h4-11,16-17H,12-15H2,1-3H3,(H,25,27,29). The topological polar surface area (TPSA) is 115 Å². The molecule has 1 N–H and O–H groups in total. The average Bonchev–Trinajstić information content (AvgIpc) is 3.25. The number of piperidine rings is 1. The van der Waals surface area contributed by atoms with Crippen molar-refractivity contribution in [2.24, 2.45) is 11.8 Å². The van der Waals surface area contributed by atoms with Crippen LogP contribution in [-0.4, -0.2) is 49.0 Å². The molecule has 2 heterocycles. The van der Waals surface area contributed by atoms with Crippen molar-refractivity contribution in [3.8, 4) is 5.75 Å². The zero-order valence-corrected chi connectivity index (χ0v) is 20.2. The van der Waals surface area contributed by atoms with Gasteiger partial charge in [-0.2, -0.15) is 4.31 Å². The van der Waals surface area contributed by atoms with Crippen molar-refractivity contribution in [2.45, 2.75) is 31.6 Å². The molecule has 9 nitrogen and oxygen atoms in total. The van der Waals surface area contributed by atoms with E-state index in [-0.39, 0.29) is 16.5 Å². The Balaban J connectivity index is 1.39. The molecule has 0 bridgehead atoms. The zero-order chi connectivity index (χ0) is 24.3. The number of methoxy groups -OCH3 is 1. The first-order chi connectivity index (χ1) is 16.2. The van der Waals surface area contributed by atoms with Gasteiger partial charge in [-0.3, -0.25) is 10.1 Å². The summed E-state index contributed by atoms with van der Waals surface area (Å²) in [6.07, 6.45) is 1.43. The summed E-state index contributed by atoms with van der Waals surface area (Å²) in [5, 5.41) is 10.4. The van der Waals surface area contributed by atoms with E-state index in [9.17, 15) is 13.2 Å². The fourth-order valence-electron chi connectivity index (χ4n) is 4.19. The third-order valence-electron chi connectivity index (χ3n) is 5.79. The van der Waals surface area contributed by atoms with Crippen molar-refractivity contribution in [3.05, 3.63) is 65.5 Å². The van der Waals surface area contributed by atoms with E-state index in [4.69, 9.17) is 9.15 Å². The molecule has 0 saturated carbocycles. The second kappa shape index (κ2) is 9.94. The second-order valence-corrected chi connectivity index (χ2v) is 10.7. The largest absolute Gasteiger partial charge is 0.497 e. The number of nitrogens with one attached hydrogen (secondary N) is 1. The summed E-state index contributed by atoms with van der Waals surface area (Å²) in [4.78, 5) is 12.8. The molecule has 1 saturated heterocycles. The Morgan fingerprint density at radius 2 is 1.71 bits per heavy atom. The quantitative estimate of drug-likeness (QED) is 0.545. The number of anilines is 1. The maximum absolute atomic E-state index is 13.0. The normalized spacial score (nSPS) is 19.0. The van der Waals surface area contributed by atoms with Crippen LogP contribution in [0.4, 0.5) is 6.01 Å². The number of amides is 1. The highest BCUT2D eigenvalue weighted by atomic mass is 32.2. The van der Waals surface area contributed by atoms with Gasteiger partial charge in [0.15, 0.2) is 0 Å². The van der Waals surface area contributed by atoms with Crippen LogP contribution < -0.4 is 10.1 Å². The van der Waals surface area contributed by atoms with Crippen molar-refractivity contribution < 1.29 is 22.4 Å². The molecular formula is C24H28N4O5S. The van der Waals surface area contributed by atoms with Crippen molar-refractivity contribution >= 4 is 21.9 Å². The number of aromatic nitrogens is 2. The second-order valence-electron chi connectivity index (χ2n) is 8.77. The van der Waals surface area contributed by atoms with Crippen LogP contribution in [-0.2, 0) is 16.4 Å². The monoisotopic (exact) mass is 484 g/mol. The summed E-state index contributed by atoms with van der Waals surface area (Å²) >= 11 is 0. The number of nitrogens with zero attached hydrogens (tertiary/aromatic N) is 3. The maximum atomic E-state index is 13.0. The van der Waals surface area contributed by atoms with Crippen LogP contribution in [0.3, 0.4) is 0 Å². The van der Waals surface area contributed by atoms with E-state index in [2.05, 4.69) is 29.4 Å². The molecule has 180 valence electrons. The van der Waals surface area contributed by atoms with E-state index >= 15 is 0 Å². The van der Waals surface area contributed by atoms with Gasteiger partial charge in [0, 0.05) is 18.7 Å². The first kappa shape index (κ1) is 23.9. The molecule has 2 aromatic carbocycles. The number of hydrogen-bond acceptors (Lipinski definition) is 7. The minimum atomic E-state index is -3.61. The highest BCUT2D eigenvalue weighted by Crippen LogP contribution is 2.27. The number of benzene rings is 2. The predicted octanol–water partition coefficient (Wildman–Crippen LogP) is 3.59. The number of hydrogen-bond donors (Lipinski definition) is 1. The Morgan fingerprint density at radius 1 is 1.06 bits per heavy atom. The smallest absolute Gasteiger partial charge is 0.322 e. The molecule has 1 aliphatic heterocycles. The van der Waals surface area contributed by atoms with Crippen LogP contribution in [0.15, 0.2) is 57.8 Å². The first-order valence-corrected chi connectivity index (χ1v) is 12.6. The SMILES string of the molecule is COc1ccc(Cc2nnc(NC(=O)c3ccc(S(=O)(=O)N4CC(C)CC(C)C4)cc3)o2)cc1. The van der Waals surface area contributed by atoms with Gasteiger partial charge in [0.1, 0.15) is 5.75 Å². The third kappa shape index (κ3) is 5.45. The highest BCUT2D eigenvalue weighted by Gasteiger charge is 2.31. The maximum Gasteiger partial charge on any atom is 0.322 e. The molecular weight excluding hydrogens is 456 g/mol. The first-order valence-electron chi connectivity index (χ1n) is 11.1. The lowest BCUT2D eigenvalue weighted by molar-refractivity contribution is 0.102. The van der Waals surface area contributed by atoms with E-state index in [1.165, 1.54) is 28.6 Å². The molecule has 0 radical (unpaired) electrons. The van der Waals surface area contributed by atoms with Crippen molar-refractivity contribution in [1.29, 1.82) is 0 Å². The van der Waals surface area contributed by atoms with E-state index in [0.29, 0.717) is 37.2 Å². The highest BCUT2D eigenvalue weighted by molar-refractivity contribution is 7.89. The Hall–Kier alpha value is -3.24. The van der Waals surface area contributed by atoms with Gasteiger partial charge in [0.25, 0.3) is 5.91 Å². The minimum Gasteiger partial charge on any atom is -0.497 e. The van der Waals surface area contributed by atoms with Gasteiger partial charge in [0.05, 0.1) is 18.4 Å². The van der Waals surface area contributed by atoms with Gasteiger partial charge in [-0.05, 0) is 60.2 Å². The molecule has 0 aliphatic carbocycles. The summed E-state index contributed by atoms with van der Waals surface area (Å²) in [5.41, 5.74) is 1.24. The molecule has 1 aromatic heterocycles. The predicted molar refractivity (Wildman–Crippen MR) is 126 cm³/mol. The van der Waals surface area contributed by atoms with Crippen LogP contribution in [0.25, 0.3) is 0 Å². The molecule has 10 heteroatoms. The summed E-state index contributed by atoms with van der Waals surface area (Å²) in [5.74, 6) is 1.26. The fraction of sp³-hybridized carbons (Fsp3) is 0.375. The molecule has 2 atom stereocenters. The molecule has 2 unspecified atom stereocenters. The summed E-state index contributed by atoms with van der Waals surface area (Å²) in [6, 6.07) is 13.3. The Kier molecular flexibility index (Phi) is 6.99. The summed E-state index contributed by atoms with van der Waals surface area (Å²) in [6.45, 7) is 5.13. The molecule has 1 amide bonds. The van der Waals surface area contributed by atoms with Crippen molar-refractivity contribution in [3.63, 3.8) is 0 Å². The lowest BCUT2D eigenvalue weighted by atomic mass is 9.94. The zero-order valence-electron chi connectivity index (χ0n) is 19.4. The van der Waals surface area contributed by atoms with Crippen LogP contribution in [0, 0.1) is 11.8 Å². The number of sulfonamides is 1.